The summed E-state index contributed by atoms with van der Waals surface area (Å²) in [5.74, 6) is 0.253. The summed E-state index contributed by atoms with van der Waals surface area (Å²) >= 11 is 1.24. The minimum atomic E-state index is -0.340. The second kappa shape index (κ2) is 6.37. The third kappa shape index (κ3) is 3.19. The van der Waals surface area contributed by atoms with Crippen molar-refractivity contribution in [3.63, 3.8) is 0 Å². The van der Waals surface area contributed by atoms with Crippen LogP contribution in [0.4, 0.5) is 0 Å². The predicted molar refractivity (Wildman–Crippen MR) is 86.3 cm³/mol. The van der Waals surface area contributed by atoms with Crippen LogP contribution in [0.25, 0.3) is 0 Å². The molecule has 3 rings (SSSR count). The van der Waals surface area contributed by atoms with E-state index in [2.05, 4.69) is 15.8 Å². The largest absolute Gasteiger partial charge is 0.496 e. The van der Waals surface area contributed by atoms with Gasteiger partial charge in [0.15, 0.2) is 0 Å². The fraction of sp³-hybridized carbons (Fsp3) is 0.312. The quantitative estimate of drug-likeness (QED) is 0.840. The smallest absolute Gasteiger partial charge is 0.281 e. The summed E-state index contributed by atoms with van der Waals surface area (Å²) in [5, 5.41) is 0. The van der Waals surface area contributed by atoms with E-state index in [-0.39, 0.29) is 23.7 Å². The number of benzene rings is 1. The standard InChI is InChI=1S/C16H17N3O3S/c1-9-14(23-8-17-9)16(21)19-18-15(20)12-7-11(12)10-5-3-4-6-13(10)22-2/h3-6,8,11-12H,7H2,1-2H3,(H,18,20)(H,19,21)/t11-,12+/m1/s1. The Hall–Kier alpha value is -2.41. The first-order valence-electron chi connectivity index (χ1n) is 7.25. The number of carbonyl (C=O) groups excluding carboxylic acids is 2. The highest BCUT2D eigenvalue weighted by molar-refractivity contribution is 7.11. The lowest BCUT2D eigenvalue weighted by molar-refractivity contribution is -0.123. The van der Waals surface area contributed by atoms with Crippen LogP contribution in [0, 0.1) is 12.8 Å². The van der Waals surface area contributed by atoms with E-state index in [1.165, 1.54) is 11.3 Å². The number of aromatic nitrogens is 1. The molecule has 0 aliphatic heterocycles. The number of carbonyl (C=O) groups is 2. The van der Waals surface area contributed by atoms with Crippen LogP contribution in [0.1, 0.15) is 33.3 Å². The molecule has 1 aliphatic rings. The van der Waals surface area contributed by atoms with E-state index in [0.717, 1.165) is 17.7 Å². The first kappa shape index (κ1) is 15.5. The van der Waals surface area contributed by atoms with Crippen LogP contribution in [0.15, 0.2) is 29.8 Å². The summed E-state index contributed by atoms with van der Waals surface area (Å²) < 4.78 is 5.33. The molecule has 6 nitrogen and oxygen atoms in total. The topological polar surface area (TPSA) is 80.3 Å². The monoisotopic (exact) mass is 331 g/mol. The van der Waals surface area contributed by atoms with E-state index in [1.807, 2.05) is 24.3 Å². The van der Waals surface area contributed by atoms with Gasteiger partial charge in [-0.2, -0.15) is 0 Å². The summed E-state index contributed by atoms with van der Waals surface area (Å²) in [6.07, 6.45) is 0.752. The van der Waals surface area contributed by atoms with Crippen molar-refractivity contribution in [2.24, 2.45) is 5.92 Å². The Labute approximate surface area is 137 Å². The number of hydrazine groups is 1. The molecule has 23 heavy (non-hydrogen) atoms. The minimum Gasteiger partial charge on any atom is -0.496 e. The number of nitrogens with one attached hydrogen (secondary N) is 2. The van der Waals surface area contributed by atoms with Crippen LogP contribution in [0.5, 0.6) is 5.75 Å². The molecule has 0 saturated heterocycles. The number of ether oxygens (including phenoxy) is 1. The SMILES string of the molecule is COc1ccccc1[C@H]1C[C@@H]1C(=O)NNC(=O)c1scnc1C. The van der Waals surface area contributed by atoms with Gasteiger partial charge in [-0.15, -0.1) is 11.3 Å². The number of nitrogens with zero attached hydrogens (tertiary/aromatic N) is 1. The molecule has 120 valence electrons. The second-order valence-electron chi connectivity index (χ2n) is 5.40. The number of amides is 2. The Balaban J connectivity index is 1.57. The highest BCUT2D eigenvalue weighted by Crippen LogP contribution is 2.50. The summed E-state index contributed by atoms with van der Waals surface area (Å²) in [4.78, 5) is 28.6. The zero-order valence-electron chi connectivity index (χ0n) is 12.8. The van der Waals surface area contributed by atoms with Gasteiger partial charge in [0.25, 0.3) is 5.91 Å². The molecule has 2 aromatic rings. The molecule has 1 fully saturated rings. The van der Waals surface area contributed by atoms with E-state index < -0.39 is 0 Å². The van der Waals surface area contributed by atoms with Crippen molar-refractivity contribution in [1.82, 2.24) is 15.8 Å². The molecule has 0 unspecified atom stereocenters. The number of aryl methyl sites for hydroxylation is 1. The molecule has 0 radical (unpaired) electrons. The van der Waals surface area contributed by atoms with Gasteiger partial charge in [0, 0.05) is 5.92 Å². The van der Waals surface area contributed by atoms with Crippen molar-refractivity contribution in [2.75, 3.05) is 7.11 Å². The van der Waals surface area contributed by atoms with Gasteiger partial charge in [-0.05, 0) is 30.9 Å². The molecule has 0 bridgehead atoms. The van der Waals surface area contributed by atoms with Crippen LogP contribution in [0.3, 0.4) is 0 Å². The van der Waals surface area contributed by atoms with Gasteiger partial charge in [0.1, 0.15) is 10.6 Å². The number of methoxy groups -OCH3 is 1. The van der Waals surface area contributed by atoms with Crippen LogP contribution >= 0.6 is 11.3 Å². The fourth-order valence-electron chi connectivity index (χ4n) is 2.59. The average Bonchev–Trinajstić information content (AvgIpc) is 3.26. The zero-order valence-corrected chi connectivity index (χ0v) is 13.6. The summed E-state index contributed by atoms with van der Waals surface area (Å²) in [7, 11) is 1.62. The first-order valence-corrected chi connectivity index (χ1v) is 8.13. The predicted octanol–water partition coefficient (Wildman–Crippen LogP) is 2.02. The minimum absolute atomic E-state index is 0.133. The van der Waals surface area contributed by atoms with E-state index in [0.29, 0.717) is 10.6 Å². The van der Waals surface area contributed by atoms with Crippen LogP contribution < -0.4 is 15.6 Å². The van der Waals surface area contributed by atoms with Gasteiger partial charge >= 0.3 is 0 Å². The number of rotatable bonds is 4. The summed E-state index contributed by atoms with van der Waals surface area (Å²) in [6.45, 7) is 1.76. The zero-order chi connectivity index (χ0) is 16.4. The Morgan fingerprint density at radius 3 is 2.78 bits per heavy atom. The lowest BCUT2D eigenvalue weighted by Gasteiger charge is -2.08. The van der Waals surface area contributed by atoms with Crippen molar-refractivity contribution in [3.05, 3.63) is 45.9 Å². The van der Waals surface area contributed by atoms with Gasteiger partial charge < -0.3 is 4.74 Å². The van der Waals surface area contributed by atoms with Crippen molar-refractivity contribution in [1.29, 1.82) is 0 Å². The Morgan fingerprint density at radius 1 is 1.30 bits per heavy atom. The molecule has 2 atom stereocenters. The average molecular weight is 331 g/mol. The second-order valence-corrected chi connectivity index (χ2v) is 6.26. The molecule has 7 heteroatoms. The molecule has 0 spiro atoms. The van der Waals surface area contributed by atoms with Crippen LogP contribution in [-0.4, -0.2) is 23.9 Å². The molecule has 1 saturated carbocycles. The third-order valence-corrected chi connectivity index (χ3v) is 4.84. The van der Waals surface area contributed by atoms with Crippen molar-refractivity contribution in [3.8, 4) is 5.75 Å². The molecule has 1 heterocycles. The maximum atomic E-state index is 12.2. The maximum absolute atomic E-state index is 12.2. The molecule has 1 aromatic heterocycles. The van der Waals surface area contributed by atoms with Gasteiger partial charge in [-0.1, -0.05) is 18.2 Å². The van der Waals surface area contributed by atoms with E-state index in [9.17, 15) is 9.59 Å². The van der Waals surface area contributed by atoms with Gasteiger partial charge in [0.05, 0.1) is 18.3 Å². The lowest BCUT2D eigenvalue weighted by atomic mass is 10.1. The highest BCUT2D eigenvalue weighted by Gasteiger charge is 2.45. The summed E-state index contributed by atoms with van der Waals surface area (Å²) in [6, 6.07) is 7.68. The van der Waals surface area contributed by atoms with Crippen LogP contribution in [0.2, 0.25) is 0 Å². The van der Waals surface area contributed by atoms with Gasteiger partial charge in [0.2, 0.25) is 5.91 Å². The third-order valence-electron chi connectivity index (χ3n) is 3.92. The van der Waals surface area contributed by atoms with E-state index >= 15 is 0 Å². The maximum Gasteiger partial charge on any atom is 0.281 e. The van der Waals surface area contributed by atoms with E-state index in [1.54, 1.807) is 19.5 Å². The van der Waals surface area contributed by atoms with Crippen molar-refractivity contribution in [2.45, 2.75) is 19.3 Å². The first-order chi connectivity index (χ1) is 11.1. The van der Waals surface area contributed by atoms with E-state index in [4.69, 9.17) is 4.74 Å². The van der Waals surface area contributed by atoms with Crippen molar-refractivity contribution < 1.29 is 14.3 Å². The Bertz CT molecular complexity index is 744. The number of hydrogen-bond donors (Lipinski definition) is 2. The molecule has 2 amide bonds. The Morgan fingerprint density at radius 2 is 2.09 bits per heavy atom. The highest BCUT2D eigenvalue weighted by atomic mass is 32.1. The summed E-state index contributed by atoms with van der Waals surface area (Å²) in [5.41, 5.74) is 8.23. The molecule has 1 aliphatic carbocycles. The van der Waals surface area contributed by atoms with Crippen LogP contribution in [-0.2, 0) is 4.79 Å². The van der Waals surface area contributed by atoms with Gasteiger partial charge in [-0.25, -0.2) is 4.98 Å². The fourth-order valence-corrected chi connectivity index (χ4v) is 3.29. The van der Waals surface area contributed by atoms with Crippen molar-refractivity contribution >= 4 is 23.2 Å². The van der Waals surface area contributed by atoms with Gasteiger partial charge in [-0.3, -0.25) is 20.4 Å². The normalized spacial score (nSPS) is 19.0. The lowest BCUT2D eigenvalue weighted by Crippen LogP contribution is -2.42. The number of para-hydroxylation sites is 1. The molecule has 2 N–H and O–H groups in total. The number of hydrogen-bond acceptors (Lipinski definition) is 5. The molecular formula is C16H17N3O3S. The molecular weight excluding hydrogens is 314 g/mol. The number of thiazole rings is 1. The molecule has 1 aromatic carbocycles. The Kier molecular flexibility index (Phi) is 4.29.